The summed E-state index contributed by atoms with van der Waals surface area (Å²) in [5.41, 5.74) is 6.11. The highest BCUT2D eigenvalue weighted by Crippen LogP contribution is 2.29. The number of alkyl halides is 3. The number of hydrogen-bond donors (Lipinski definition) is 2. The fourth-order valence-electron chi connectivity index (χ4n) is 3.46. The standard InChI is InChI=1S/C17H20F3N3O3.ClH/c18-17(19,20)26-13-3-1-2-12(9-13)23-7-6-14(16(23)25)22-15(24)10-4-5-11(21)8-10;/h1-3,9-11,14H,4-8,21H2,(H,22,24);1H. The van der Waals surface area contributed by atoms with Gasteiger partial charge < -0.3 is 20.7 Å². The number of hydrogen-bond acceptors (Lipinski definition) is 4. The minimum Gasteiger partial charge on any atom is -0.406 e. The molecule has 6 nitrogen and oxygen atoms in total. The van der Waals surface area contributed by atoms with Gasteiger partial charge in [0.15, 0.2) is 0 Å². The quantitative estimate of drug-likeness (QED) is 0.802. The molecule has 1 saturated carbocycles. The molecule has 3 N–H and O–H groups in total. The summed E-state index contributed by atoms with van der Waals surface area (Å²) in [6.07, 6.45) is -2.31. The van der Waals surface area contributed by atoms with Crippen LogP contribution in [0, 0.1) is 5.92 Å². The van der Waals surface area contributed by atoms with E-state index in [4.69, 9.17) is 5.73 Å². The van der Waals surface area contributed by atoms with Crippen molar-refractivity contribution >= 4 is 29.9 Å². The van der Waals surface area contributed by atoms with Crippen molar-refractivity contribution in [1.29, 1.82) is 0 Å². The minimum atomic E-state index is -4.80. The van der Waals surface area contributed by atoms with E-state index in [0.717, 1.165) is 12.5 Å². The molecule has 3 rings (SSSR count). The van der Waals surface area contributed by atoms with Crippen LogP contribution in [0.1, 0.15) is 25.7 Å². The van der Waals surface area contributed by atoms with E-state index in [-0.39, 0.29) is 36.2 Å². The van der Waals surface area contributed by atoms with Crippen LogP contribution >= 0.6 is 12.4 Å². The van der Waals surface area contributed by atoms with Gasteiger partial charge in [-0.3, -0.25) is 9.59 Å². The fraction of sp³-hybridized carbons (Fsp3) is 0.529. The van der Waals surface area contributed by atoms with Crippen LogP contribution in [-0.2, 0) is 9.59 Å². The Morgan fingerprint density at radius 2 is 2.00 bits per heavy atom. The zero-order valence-corrected chi connectivity index (χ0v) is 15.2. The molecule has 3 atom stereocenters. The third-order valence-electron chi connectivity index (χ3n) is 4.73. The molecule has 3 unspecified atom stereocenters. The van der Waals surface area contributed by atoms with Crippen molar-refractivity contribution in [2.24, 2.45) is 11.7 Å². The molecule has 1 aliphatic carbocycles. The monoisotopic (exact) mass is 407 g/mol. The smallest absolute Gasteiger partial charge is 0.406 e. The van der Waals surface area contributed by atoms with Crippen LogP contribution in [0.15, 0.2) is 24.3 Å². The van der Waals surface area contributed by atoms with Crippen LogP contribution in [0.3, 0.4) is 0 Å². The first-order valence-electron chi connectivity index (χ1n) is 8.46. The number of carbonyl (C=O) groups is 2. The summed E-state index contributed by atoms with van der Waals surface area (Å²) in [6, 6.07) is 4.58. The molecule has 0 spiro atoms. The predicted octanol–water partition coefficient (Wildman–Crippen LogP) is 2.36. The zero-order chi connectivity index (χ0) is 18.9. The Morgan fingerprint density at radius 1 is 1.26 bits per heavy atom. The van der Waals surface area contributed by atoms with Gasteiger partial charge in [-0.2, -0.15) is 0 Å². The van der Waals surface area contributed by atoms with Gasteiger partial charge in [0.05, 0.1) is 0 Å². The molecule has 1 aromatic rings. The second kappa shape index (κ2) is 8.35. The Bertz CT molecular complexity index is 701. The molecule has 1 saturated heterocycles. The highest BCUT2D eigenvalue weighted by molar-refractivity contribution is 6.01. The number of nitrogens with zero attached hydrogens (tertiary/aromatic N) is 1. The average molecular weight is 408 g/mol. The van der Waals surface area contributed by atoms with Crippen LogP contribution in [-0.4, -0.2) is 36.8 Å². The number of ether oxygens (including phenoxy) is 1. The molecular weight excluding hydrogens is 387 g/mol. The Hall–Kier alpha value is -2.00. The number of benzene rings is 1. The normalized spacial score (nSPS) is 25.3. The topological polar surface area (TPSA) is 84.7 Å². The van der Waals surface area contributed by atoms with E-state index in [2.05, 4.69) is 10.1 Å². The lowest BCUT2D eigenvalue weighted by atomic mass is 10.1. The molecule has 150 valence electrons. The Balaban J connectivity index is 0.00000261. The molecular formula is C17H21ClF3N3O3. The second-order valence-corrected chi connectivity index (χ2v) is 6.65. The van der Waals surface area contributed by atoms with E-state index in [1.54, 1.807) is 0 Å². The lowest BCUT2D eigenvalue weighted by Gasteiger charge is -2.19. The first-order valence-corrected chi connectivity index (χ1v) is 8.46. The molecule has 1 aliphatic heterocycles. The zero-order valence-electron chi connectivity index (χ0n) is 14.4. The number of carbonyl (C=O) groups excluding carboxylic acids is 2. The Morgan fingerprint density at radius 3 is 2.63 bits per heavy atom. The van der Waals surface area contributed by atoms with Crippen LogP contribution in [0.5, 0.6) is 5.75 Å². The fourth-order valence-corrected chi connectivity index (χ4v) is 3.46. The SMILES string of the molecule is Cl.NC1CCC(C(=O)NC2CCN(c3cccc(OC(F)(F)F)c3)C2=O)C1. The predicted molar refractivity (Wildman–Crippen MR) is 94.6 cm³/mol. The van der Waals surface area contributed by atoms with E-state index < -0.39 is 18.2 Å². The van der Waals surface area contributed by atoms with Crippen LogP contribution in [0.4, 0.5) is 18.9 Å². The summed E-state index contributed by atoms with van der Waals surface area (Å²) in [6.45, 7) is 0.309. The van der Waals surface area contributed by atoms with Crippen LogP contribution < -0.4 is 20.7 Å². The van der Waals surface area contributed by atoms with Gasteiger partial charge in [-0.25, -0.2) is 0 Å². The number of anilines is 1. The molecule has 10 heteroatoms. The summed E-state index contributed by atoms with van der Waals surface area (Å²) < 4.78 is 40.9. The third-order valence-corrected chi connectivity index (χ3v) is 4.73. The van der Waals surface area contributed by atoms with E-state index >= 15 is 0 Å². The van der Waals surface area contributed by atoms with Gasteiger partial charge in [-0.05, 0) is 37.8 Å². The Labute approximate surface area is 160 Å². The molecule has 2 amide bonds. The molecule has 0 radical (unpaired) electrons. The second-order valence-electron chi connectivity index (χ2n) is 6.65. The first kappa shape index (κ1) is 21.3. The van der Waals surface area contributed by atoms with E-state index in [1.165, 1.54) is 23.1 Å². The van der Waals surface area contributed by atoms with E-state index in [0.29, 0.717) is 31.5 Å². The summed E-state index contributed by atoms with van der Waals surface area (Å²) in [7, 11) is 0. The number of halogens is 4. The number of nitrogens with one attached hydrogen (secondary N) is 1. The number of rotatable bonds is 4. The van der Waals surface area contributed by atoms with Crippen molar-refractivity contribution in [1.82, 2.24) is 5.32 Å². The Kier molecular flexibility index (Phi) is 6.59. The maximum absolute atomic E-state index is 12.5. The van der Waals surface area contributed by atoms with E-state index in [1.807, 2.05) is 0 Å². The van der Waals surface area contributed by atoms with Gasteiger partial charge in [0.2, 0.25) is 11.8 Å². The number of nitrogens with two attached hydrogens (primary N) is 1. The first-order chi connectivity index (χ1) is 12.2. The molecule has 0 bridgehead atoms. The lowest BCUT2D eigenvalue weighted by molar-refractivity contribution is -0.274. The lowest BCUT2D eigenvalue weighted by Crippen LogP contribution is -2.43. The minimum absolute atomic E-state index is 0. The molecule has 1 heterocycles. The summed E-state index contributed by atoms with van der Waals surface area (Å²) in [4.78, 5) is 26.2. The highest BCUT2D eigenvalue weighted by Gasteiger charge is 2.37. The van der Waals surface area contributed by atoms with Crippen molar-refractivity contribution in [3.05, 3.63) is 24.3 Å². The average Bonchev–Trinajstić information content (AvgIpc) is 3.13. The largest absolute Gasteiger partial charge is 0.573 e. The van der Waals surface area contributed by atoms with Gasteiger partial charge in [-0.15, -0.1) is 25.6 Å². The molecule has 1 aromatic carbocycles. The highest BCUT2D eigenvalue weighted by atomic mass is 35.5. The van der Waals surface area contributed by atoms with Crippen molar-refractivity contribution in [2.75, 3.05) is 11.4 Å². The maximum Gasteiger partial charge on any atom is 0.573 e. The van der Waals surface area contributed by atoms with Gasteiger partial charge >= 0.3 is 6.36 Å². The van der Waals surface area contributed by atoms with Gasteiger partial charge in [0.25, 0.3) is 0 Å². The van der Waals surface area contributed by atoms with Gasteiger partial charge in [-0.1, -0.05) is 6.07 Å². The van der Waals surface area contributed by atoms with Crippen molar-refractivity contribution in [3.8, 4) is 5.75 Å². The van der Waals surface area contributed by atoms with Gasteiger partial charge in [0.1, 0.15) is 11.8 Å². The summed E-state index contributed by atoms with van der Waals surface area (Å²) in [5, 5.41) is 2.75. The van der Waals surface area contributed by atoms with Gasteiger partial charge in [0, 0.05) is 30.3 Å². The summed E-state index contributed by atoms with van der Waals surface area (Å²) >= 11 is 0. The molecule has 27 heavy (non-hydrogen) atoms. The van der Waals surface area contributed by atoms with Crippen molar-refractivity contribution in [2.45, 2.75) is 44.1 Å². The third kappa shape index (κ3) is 5.26. The van der Waals surface area contributed by atoms with Crippen molar-refractivity contribution < 1.29 is 27.5 Å². The summed E-state index contributed by atoms with van der Waals surface area (Å²) in [5.74, 6) is -1.11. The molecule has 2 fully saturated rings. The van der Waals surface area contributed by atoms with E-state index in [9.17, 15) is 22.8 Å². The number of amides is 2. The molecule has 2 aliphatic rings. The van der Waals surface area contributed by atoms with Crippen molar-refractivity contribution in [3.63, 3.8) is 0 Å². The maximum atomic E-state index is 12.5. The molecule has 0 aromatic heterocycles. The van der Waals surface area contributed by atoms with Crippen LogP contribution in [0.25, 0.3) is 0 Å². The van der Waals surface area contributed by atoms with Crippen LogP contribution in [0.2, 0.25) is 0 Å².